The van der Waals surface area contributed by atoms with Gasteiger partial charge in [0.1, 0.15) is 0 Å². The van der Waals surface area contributed by atoms with Crippen LogP contribution in [0.15, 0.2) is 24.3 Å². The number of aromatic nitrogens is 2. The molecule has 0 radical (unpaired) electrons. The van der Waals surface area contributed by atoms with Crippen LogP contribution in [0.4, 0.5) is 5.95 Å². The third-order valence-corrected chi connectivity index (χ3v) is 5.18. The van der Waals surface area contributed by atoms with E-state index >= 15 is 0 Å². The first kappa shape index (κ1) is 11.6. The fourth-order valence-corrected chi connectivity index (χ4v) is 3.08. The zero-order chi connectivity index (χ0) is 13.0. The molecule has 3 heteroatoms. The normalized spacial score (nSPS) is 21.1. The van der Waals surface area contributed by atoms with Crippen LogP contribution in [0.25, 0.3) is 11.0 Å². The van der Waals surface area contributed by atoms with E-state index < -0.39 is 0 Å². The van der Waals surface area contributed by atoms with Crippen LogP contribution >= 0.6 is 0 Å². The molecule has 1 aromatic carbocycles. The summed E-state index contributed by atoms with van der Waals surface area (Å²) < 4.78 is 0. The molecule has 2 N–H and O–H groups in total. The summed E-state index contributed by atoms with van der Waals surface area (Å²) in [5, 5.41) is 3.44. The summed E-state index contributed by atoms with van der Waals surface area (Å²) >= 11 is 0. The predicted molar refractivity (Wildman–Crippen MR) is 75.6 cm³/mol. The van der Waals surface area contributed by atoms with Crippen LogP contribution < -0.4 is 5.32 Å². The van der Waals surface area contributed by atoms with Crippen LogP contribution in [0.3, 0.4) is 0 Å². The molecular weight excluding hydrogens is 222 g/mol. The lowest BCUT2D eigenvalue weighted by molar-refractivity contribution is 0.457. The van der Waals surface area contributed by atoms with Crippen molar-refractivity contribution in [3.8, 4) is 0 Å². The minimum atomic E-state index is 0.423. The van der Waals surface area contributed by atoms with E-state index in [4.69, 9.17) is 0 Å². The van der Waals surface area contributed by atoms with E-state index in [2.05, 4.69) is 49.0 Å². The van der Waals surface area contributed by atoms with E-state index in [0.29, 0.717) is 16.7 Å². The zero-order valence-electron chi connectivity index (χ0n) is 11.5. The first-order valence-electron chi connectivity index (χ1n) is 6.61. The molecule has 1 fully saturated rings. The Hall–Kier alpha value is -1.51. The second-order valence-electron chi connectivity index (χ2n) is 6.48. The van der Waals surface area contributed by atoms with E-state index in [1.165, 1.54) is 0 Å². The summed E-state index contributed by atoms with van der Waals surface area (Å²) in [6.45, 7) is 10.4. The number of hydrogen-bond acceptors (Lipinski definition) is 2. The van der Waals surface area contributed by atoms with Crippen molar-refractivity contribution in [2.24, 2.45) is 16.7 Å². The monoisotopic (exact) mass is 243 g/mol. The number of H-pyrrole nitrogens is 1. The topological polar surface area (TPSA) is 40.7 Å². The van der Waals surface area contributed by atoms with Gasteiger partial charge in [-0.2, -0.15) is 0 Å². The zero-order valence-corrected chi connectivity index (χ0v) is 11.5. The van der Waals surface area contributed by atoms with Crippen molar-refractivity contribution in [1.29, 1.82) is 0 Å². The maximum Gasteiger partial charge on any atom is 0.201 e. The molecule has 2 aromatic rings. The van der Waals surface area contributed by atoms with E-state index in [1.807, 2.05) is 18.2 Å². The van der Waals surface area contributed by atoms with Gasteiger partial charge in [-0.05, 0) is 28.9 Å². The predicted octanol–water partition coefficient (Wildman–Crippen LogP) is 3.66. The van der Waals surface area contributed by atoms with Crippen molar-refractivity contribution in [2.45, 2.75) is 27.7 Å². The summed E-state index contributed by atoms with van der Waals surface area (Å²) in [6, 6.07) is 8.12. The van der Waals surface area contributed by atoms with Gasteiger partial charge in [-0.15, -0.1) is 0 Å². The Bertz CT molecular complexity index is 533. The van der Waals surface area contributed by atoms with Crippen LogP contribution in [0, 0.1) is 16.7 Å². The first-order chi connectivity index (χ1) is 8.43. The highest BCUT2D eigenvalue weighted by Crippen LogP contribution is 2.68. The highest BCUT2D eigenvalue weighted by atomic mass is 15.1. The van der Waals surface area contributed by atoms with Crippen molar-refractivity contribution in [3.63, 3.8) is 0 Å². The largest absolute Gasteiger partial charge is 0.355 e. The third-order valence-electron chi connectivity index (χ3n) is 5.18. The van der Waals surface area contributed by atoms with Crippen LogP contribution in [0.5, 0.6) is 0 Å². The van der Waals surface area contributed by atoms with Gasteiger partial charge in [0.05, 0.1) is 11.0 Å². The SMILES string of the molecule is CC1(C)C(CNc2nc3ccccc3[nH]2)C1(C)C. The second-order valence-corrected chi connectivity index (χ2v) is 6.48. The fourth-order valence-electron chi connectivity index (χ4n) is 3.08. The standard InChI is InChI=1S/C15H21N3/c1-14(2)12(15(14,3)4)9-16-13-17-10-7-5-6-8-11(10)18-13/h5-8,12H,9H2,1-4H3,(H2,16,17,18). The molecule has 96 valence electrons. The van der Waals surface area contributed by atoms with Gasteiger partial charge in [0.15, 0.2) is 0 Å². The van der Waals surface area contributed by atoms with Crippen molar-refractivity contribution < 1.29 is 0 Å². The number of benzene rings is 1. The lowest BCUT2D eigenvalue weighted by Crippen LogP contribution is -2.09. The van der Waals surface area contributed by atoms with Gasteiger partial charge < -0.3 is 10.3 Å². The van der Waals surface area contributed by atoms with Crippen LogP contribution in [0.1, 0.15) is 27.7 Å². The highest BCUT2D eigenvalue weighted by molar-refractivity contribution is 5.77. The molecular formula is C15H21N3. The van der Waals surface area contributed by atoms with Crippen molar-refractivity contribution in [2.75, 3.05) is 11.9 Å². The number of hydrogen-bond donors (Lipinski definition) is 2. The summed E-state index contributed by atoms with van der Waals surface area (Å²) in [6.07, 6.45) is 0. The number of nitrogens with zero attached hydrogens (tertiary/aromatic N) is 1. The number of para-hydroxylation sites is 2. The minimum Gasteiger partial charge on any atom is -0.355 e. The molecule has 0 aliphatic heterocycles. The molecule has 1 aliphatic rings. The van der Waals surface area contributed by atoms with E-state index in [-0.39, 0.29) is 0 Å². The van der Waals surface area contributed by atoms with Gasteiger partial charge in [-0.1, -0.05) is 39.8 Å². The van der Waals surface area contributed by atoms with Crippen molar-refractivity contribution in [1.82, 2.24) is 9.97 Å². The van der Waals surface area contributed by atoms with Gasteiger partial charge in [0, 0.05) is 6.54 Å². The molecule has 0 spiro atoms. The average molecular weight is 243 g/mol. The Kier molecular flexibility index (Phi) is 2.25. The number of aromatic amines is 1. The Morgan fingerprint density at radius 1 is 1.17 bits per heavy atom. The number of fused-ring (bicyclic) bond motifs is 1. The van der Waals surface area contributed by atoms with E-state index in [9.17, 15) is 0 Å². The second kappa shape index (κ2) is 3.50. The van der Waals surface area contributed by atoms with Gasteiger partial charge in [0.2, 0.25) is 5.95 Å². The molecule has 0 saturated heterocycles. The maximum atomic E-state index is 4.54. The third kappa shape index (κ3) is 1.53. The lowest BCUT2D eigenvalue weighted by Gasteiger charge is -2.04. The van der Waals surface area contributed by atoms with Crippen molar-refractivity contribution >= 4 is 17.0 Å². The number of rotatable bonds is 3. The van der Waals surface area contributed by atoms with Crippen LogP contribution in [-0.4, -0.2) is 16.5 Å². The molecule has 1 aliphatic carbocycles. The lowest BCUT2D eigenvalue weighted by atomic mass is 10.0. The molecule has 0 amide bonds. The highest BCUT2D eigenvalue weighted by Gasteiger charge is 2.64. The molecule has 0 bridgehead atoms. The average Bonchev–Trinajstić information content (AvgIpc) is 2.66. The van der Waals surface area contributed by atoms with Gasteiger partial charge in [-0.3, -0.25) is 0 Å². The minimum absolute atomic E-state index is 0.423. The molecule has 1 heterocycles. The van der Waals surface area contributed by atoms with Crippen molar-refractivity contribution in [3.05, 3.63) is 24.3 Å². The molecule has 0 unspecified atom stereocenters. The molecule has 3 nitrogen and oxygen atoms in total. The fraction of sp³-hybridized carbons (Fsp3) is 0.533. The maximum absolute atomic E-state index is 4.54. The first-order valence-corrected chi connectivity index (χ1v) is 6.61. The van der Waals surface area contributed by atoms with E-state index in [1.54, 1.807) is 0 Å². The summed E-state index contributed by atoms with van der Waals surface area (Å²) in [4.78, 5) is 7.85. The molecule has 0 atom stereocenters. The Labute approximate surface area is 108 Å². The number of imidazole rings is 1. The molecule has 1 saturated carbocycles. The Morgan fingerprint density at radius 2 is 1.83 bits per heavy atom. The van der Waals surface area contributed by atoms with Crippen LogP contribution in [-0.2, 0) is 0 Å². The molecule has 1 aromatic heterocycles. The number of nitrogens with one attached hydrogen (secondary N) is 2. The summed E-state index contributed by atoms with van der Waals surface area (Å²) in [5.41, 5.74) is 2.96. The quantitative estimate of drug-likeness (QED) is 0.863. The Morgan fingerprint density at radius 3 is 2.44 bits per heavy atom. The van der Waals surface area contributed by atoms with Gasteiger partial charge in [-0.25, -0.2) is 4.98 Å². The molecule has 18 heavy (non-hydrogen) atoms. The summed E-state index contributed by atoms with van der Waals surface area (Å²) in [5.74, 6) is 1.59. The van der Waals surface area contributed by atoms with Gasteiger partial charge >= 0.3 is 0 Å². The van der Waals surface area contributed by atoms with E-state index in [0.717, 1.165) is 23.5 Å². The smallest absolute Gasteiger partial charge is 0.201 e. The Balaban J connectivity index is 1.71. The van der Waals surface area contributed by atoms with Crippen LogP contribution in [0.2, 0.25) is 0 Å². The summed E-state index contributed by atoms with van der Waals surface area (Å²) in [7, 11) is 0. The van der Waals surface area contributed by atoms with Gasteiger partial charge in [0.25, 0.3) is 0 Å². The molecule has 3 rings (SSSR count). The number of anilines is 1.